The fraction of sp³-hybridized carbons (Fsp3) is 1.00. The highest BCUT2D eigenvalue weighted by Gasteiger charge is 2.20. The highest BCUT2D eigenvalue weighted by atomic mass is 16.7. The first-order valence-corrected chi connectivity index (χ1v) is 4.87. The van der Waals surface area contributed by atoms with Gasteiger partial charge in [0.25, 0.3) is 0 Å². The third-order valence-corrected chi connectivity index (χ3v) is 2.60. The van der Waals surface area contributed by atoms with Crippen molar-refractivity contribution in [3.05, 3.63) is 0 Å². The van der Waals surface area contributed by atoms with E-state index in [1.165, 1.54) is 32.4 Å². The van der Waals surface area contributed by atoms with Gasteiger partial charge in [0, 0.05) is 6.54 Å². The van der Waals surface area contributed by atoms with Gasteiger partial charge in [-0.1, -0.05) is 6.42 Å². The number of likely N-dealkylation sites (tertiary alicyclic amines) is 1. The van der Waals surface area contributed by atoms with E-state index in [1.54, 1.807) is 0 Å². The van der Waals surface area contributed by atoms with Gasteiger partial charge < -0.3 is 14.4 Å². The Labute approximate surface area is 73.6 Å². The van der Waals surface area contributed by atoms with Crippen molar-refractivity contribution >= 4 is 0 Å². The molecule has 0 aromatic carbocycles. The Morgan fingerprint density at radius 3 is 2.67 bits per heavy atom. The minimum Gasteiger partial charge on any atom is -0.353 e. The van der Waals surface area contributed by atoms with Crippen molar-refractivity contribution in [3.8, 4) is 0 Å². The summed E-state index contributed by atoms with van der Waals surface area (Å²) in [4.78, 5) is 2.49. The van der Waals surface area contributed by atoms with E-state index in [1.807, 2.05) is 0 Å². The van der Waals surface area contributed by atoms with Crippen LogP contribution in [0.5, 0.6) is 0 Å². The third-order valence-electron chi connectivity index (χ3n) is 2.60. The molecule has 70 valence electrons. The van der Waals surface area contributed by atoms with Crippen molar-refractivity contribution in [1.29, 1.82) is 0 Å². The van der Waals surface area contributed by atoms with Gasteiger partial charge in [0.05, 0.1) is 12.7 Å². The van der Waals surface area contributed by atoms with Gasteiger partial charge in [-0.05, 0) is 25.9 Å². The molecule has 2 fully saturated rings. The predicted octanol–water partition coefficient (Wildman–Crippen LogP) is 0.845. The zero-order valence-electron chi connectivity index (χ0n) is 7.50. The molecule has 2 aliphatic rings. The summed E-state index contributed by atoms with van der Waals surface area (Å²) in [6.07, 6.45) is 4.45. The van der Waals surface area contributed by atoms with Crippen LogP contribution in [0, 0.1) is 0 Å². The summed E-state index contributed by atoms with van der Waals surface area (Å²) < 4.78 is 10.5. The predicted molar refractivity (Wildman–Crippen MR) is 46.0 cm³/mol. The van der Waals surface area contributed by atoms with Gasteiger partial charge in [0.15, 0.2) is 0 Å². The SMILES string of the molecule is C1CCN(CC2COCO2)CC1. The molecule has 12 heavy (non-hydrogen) atoms. The highest BCUT2D eigenvalue weighted by Crippen LogP contribution is 2.11. The number of hydrogen-bond donors (Lipinski definition) is 0. The van der Waals surface area contributed by atoms with Gasteiger partial charge >= 0.3 is 0 Å². The summed E-state index contributed by atoms with van der Waals surface area (Å²) in [6.45, 7) is 4.86. The van der Waals surface area contributed by atoms with Gasteiger partial charge in [-0.3, -0.25) is 0 Å². The molecule has 0 bridgehead atoms. The van der Waals surface area contributed by atoms with E-state index in [0.29, 0.717) is 12.9 Å². The standard InChI is InChI=1S/C9H17NO2/c1-2-4-10(5-3-1)6-9-7-11-8-12-9/h9H,1-8H2. The summed E-state index contributed by atoms with van der Waals surface area (Å²) >= 11 is 0. The van der Waals surface area contributed by atoms with Crippen molar-refractivity contribution in [2.24, 2.45) is 0 Å². The van der Waals surface area contributed by atoms with Gasteiger partial charge in [-0.15, -0.1) is 0 Å². The first-order valence-electron chi connectivity index (χ1n) is 4.87. The van der Waals surface area contributed by atoms with Gasteiger partial charge in [0.1, 0.15) is 6.79 Å². The molecular formula is C9H17NO2. The van der Waals surface area contributed by atoms with Gasteiger partial charge in [-0.2, -0.15) is 0 Å². The minimum absolute atomic E-state index is 0.336. The molecule has 2 rings (SSSR count). The number of ether oxygens (including phenoxy) is 2. The Kier molecular flexibility index (Phi) is 2.98. The molecule has 0 saturated carbocycles. The number of piperidine rings is 1. The lowest BCUT2D eigenvalue weighted by Crippen LogP contribution is -2.37. The lowest BCUT2D eigenvalue weighted by Gasteiger charge is -2.27. The fourth-order valence-electron chi connectivity index (χ4n) is 1.91. The lowest BCUT2D eigenvalue weighted by atomic mass is 10.1. The van der Waals surface area contributed by atoms with E-state index in [0.717, 1.165) is 13.2 Å². The van der Waals surface area contributed by atoms with Crippen LogP contribution in [-0.2, 0) is 9.47 Å². The Hall–Kier alpha value is -0.120. The second-order valence-corrected chi connectivity index (χ2v) is 3.64. The second-order valence-electron chi connectivity index (χ2n) is 3.64. The molecule has 0 aromatic rings. The van der Waals surface area contributed by atoms with Crippen molar-refractivity contribution in [2.45, 2.75) is 25.4 Å². The van der Waals surface area contributed by atoms with E-state index in [2.05, 4.69) is 4.90 Å². The van der Waals surface area contributed by atoms with Crippen molar-refractivity contribution in [1.82, 2.24) is 4.90 Å². The molecule has 0 aromatic heterocycles. The highest BCUT2D eigenvalue weighted by molar-refractivity contribution is 4.70. The summed E-state index contributed by atoms with van der Waals surface area (Å²) in [5, 5.41) is 0. The molecule has 0 amide bonds. The average Bonchev–Trinajstić information content (AvgIpc) is 2.59. The molecule has 0 aliphatic carbocycles. The molecule has 3 heteroatoms. The molecule has 2 aliphatic heterocycles. The third kappa shape index (κ3) is 2.19. The Balaban J connectivity index is 1.69. The maximum absolute atomic E-state index is 5.39. The number of nitrogens with zero attached hydrogens (tertiary/aromatic N) is 1. The maximum atomic E-state index is 5.39. The van der Waals surface area contributed by atoms with Crippen LogP contribution in [-0.4, -0.2) is 44.0 Å². The Bertz CT molecular complexity index is 128. The maximum Gasteiger partial charge on any atom is 0.147 e. The van der Waals surface area contributed by atoms with E-state index < -0.39 is 0 Å². The van der Waals surface area contributed by atoms with E-state index in [-0.39, 0.29) is 0 Å². The van der Waals surface area contributed by atoms with Gasteiger partial charge in [-0.25, -0.2) is 0 Å². The molecule has 2 heterocycles. The Morgan fingerprint density at radius 1 is 1.17 bits per heavy atom. The van der Waals surface area contributed by atoms with Crippen LogP contribution in [0.15, 0.2) is 0 Å². The zero-order chi connectivity index (χ0) is 8.23. The Morgan fingerprint density at radius 2 is 2.00 bits per heavy atom. The monoisotopic (exact) mass is 171 g/mol. The largest absolute Gasteiger partial charge is 0.353 e. The topological polar surface area (TPSA) is 21.7 Å². The van der Waals surface area contributed by atoms with Crippen LogP contribution >= 0.6 is 0 Å². The minimum atomic E-state index is 0.336. The van der Waals surface area contributed by atoms with E-state index in [9.17, 15) is 0 Å². The molecule has 0 N–H and O–H groups in total. The van der Waals surface area contributed by atoms with Crippen LogP contribution in [0.25, 0.3) is 0 Å². The summed E-state index contributed by atoms with van der Waals surface area (Å²) in [5.41, 5.74) is 0. The molecule has 0 spiro atoms. The van der Waals surface area contributed by atoms with Crippen molar-refractivity contribution in [3.63, 3.8) is 0 Å². The number of rotatable bonds is 2. The van der Waals surface area contributed by atoms with Crippen LogP contribution < -0.4 is 0 Å². The smallest absolute Gasteiger partial charge is 0.147 e. The average molecular weight is 171 g/mol. The lowest BCUT2D eigenvalue weighted by molar-refractivity contribution is 0.0326. The normalized spacial score (nSPS) is 32.5. The second kappa shape index (κ2) is 4.21. The molecule has 2 saturated heterocycles. The van der Waals surface area contributed by atoms with Crippen molar-refractivity contribution in [2.75, 3.05) is 33.0 Å². The zero-order valence-corrected chi connectivity index (χ0v) is 7.50. The molecular weight excluding hydrogens is 154 g/mol. The first-order chi connectivity index (χ1) is 5.95. The summed E-state index contributed by atoms with van der Waals surface area (Å²) in [5.74, 6) is 0. The van der Waals surface area contributed by atoms with Crippen LogP contribution in [0.4, 0.5) is 0 Å². The molecule has 3 nitrogen and oxygen atoms in total. The molecule has 1 atom stereocenters. The number of hydrogen-bond acceptors (Lipinski definition) is 3. The fourth-order valence-corrected chi connectivity index (χ4v) is 1.91. The summed E-state index contributed by atoms with van der Waals surface area (Å²) in [6, 6.07) is 0. The van der Waals surface area contributed by atoms with Crippen molar-refractivity contribution < 1.29 is 9.47 Å². The molecule has 1 unspecified atom stereocenters. The first kappa shape index (κ1) is 8.48. The van der Waals surface area contributed by atoms with E-state index in [4.69, 9.17) is 9.47 Å². The van der Waals surface area contributed by atoms with Crippen LogP contribution in [0.3, 0.4) is 0 Å². The van der Waals surface area contributed by atoms with Crippen LogP contribution in [0.2, 0.25) is 0 Å². The van der Waals surface area contributed by atoms with E-state index >= 15 is 0 Å². The van der Waals surface area contributed by atoms with Gasteiger partial charge in [0.2, 0.25) is 0 Å². The molecule has 0 radical (unpaired) electrons. The van der Waals surface area contributed by atoms with Crippen LogP contribution in [0.1, 0.15) is 19.3 Å². The summed E-state index contributed by atoms with van der Waals surface area (Å²) in [7, 11) is 0. The quantitative estimate of drug-likeness (QED) is 0.614.